The summed E-state index contributed by atoms with van der Waals surface area (Å²) in [4.78, 5) is 41.4. The average Bonchev–Trinajstić information content (AvgIpc) is 2.49. The zero-order valence-electron chi connectivity index (χ0n) is 10.9. The lowest BCUT2D eigenvalue weighted by Crippen LogP contribution is -2.48. The lowest BCUT2D eigenvalue weighted by Gasteiger charge is -2.16. The largest absolute Gasteiger partial charge is 0.352 e. The number of nitrogens with zero attached hydrogens (tertiary/aromatic N) is 2. The molecule has 0 unspecified atom stereocenters. The Morgan fingerprint density at radius 1 is 1.52 bits per heavy atom. The van der Waals surface area contributed by atoms with Crippen LogP contribution in [0.15, 0.2) is 24.5 Å². The number of aromatic nitrogens is 1. The monoisotopic (exact) mass is 314 g/mol. The Balaban J connectivity index is 2.45. The molecule has 0 aromatic carbocycles. The van der Waals surface area contributed by atoms with E-state index in [1.807, 2.05) is 0 Å². The minimum absolute atomic E-state index is 0.0488. The van der Waals surface area contributed by atoms with E-state index in [2.05, 4.69) is 33.1 Å². The molecule has 0 radical (unpaired) electrons. The summed E-state index contributed by atoms with van der Waals surface area (Å²) >= 11 is 3.99. The van der Waals surface area contributed by atoms with E-state index >= 15 is 0 Å². The van der Waals surface area contributed by atoms with E-state index in [0.29, 0.717) is 5.56 Å². The van der Waals surface area contributed by atoms with Crippen LogP contribution in [0.3, 0.4) is 0 Å². The van der Waals surface area contributed by atoms with Crippen molar-refractivity contribution in [2.45, 2.75) is 6.04 Å². The van der Waals surface area contributed by atoms with E-state index < -0.39 is 22.9 Å². The van der Waals surface area contributed by atoms with Crippen LogP contribution >= 0.6 is 12.6 Å². The van der Waals surface area contributed by atoms with Crippen LogP contribution in [0.5, 0.6) is 0 Å². The van der Waals surface area contributed by atoms with Gasteiger partial charge in [0.05, 0.1) is 5.56 Å². The smallest absolute Gasteiger partial charge is 0.294 e. The van der Waals surface area contributed by atoms with Crippen molar-refractivity contribution >= 4 is 24.4 Å². The molecule has 9 nitrogen and oxygen atoms in total. The van der Waals surface area contributed by atoms with E-state index in [1.54, 1.807) is 12.1 Å². The van der Waals surface area contributed by atoms with Crippen LogP contribution in [0.1, 0.15) is 10.4 Å². The third kappa shape index (κ3) is 6.08. The summed E-state index contributed by atoms with van der Waals surface area (Å²) in [6.07, 6.45) is 2.89. The van der Waals surface area contributed by atoms with Crippen LogP contribution in [-0.2, 0) is 9.63 Å². The van der Waals surface area contributed by atoms with Gasteiger partial charge in [-0.3, -0.25) is 14.6 Å². The summed E-state index contributed by atoms with van der Waals surface area (Å²) in [6.45, 7) is -0.318. The molecule has 1 aromatic rings. The second kappa shape index (κ2) is 8.74. The predicted molar refractivity (Wildman–Crippen MR) is 75.3 cm³/mol. The standard InChI is InChI=1S/C11H14N4O5S/c16-10(8-2-1-3-12-6-8)14-9(7-21)11(17)13-4-5-20-15(18)19/h1-3,6,9,21H,4-5,7H2,(H,13,17)(H,14,16)/t9-/m0/s1. The number of hydrogen-bond acceptors (Lipinski definition) is 7. The van der Waals surface area contributed by atoms with Crippen LogP contribution in [0.2, 0.25) is 0 Å². The molecular formula is C11H14N4O5S. The summed E-state index contributed by atoms with van der Waals surface area (Å²) in [5.41, 5.74) is 0.314. The van der Waals surface area contributed by atoms with Gasteiger partial charge in [0.25, 0.3) is 11.0 Å². The Labute approximate surface area is 125 Å². The Morgan fingerprint density at radius 3 is 2.86 bits per heavy atom. The fourth-order valence-corrected chi connectivity index (χ4v) is 1.61. The number of nitrogens with one attached hydrogen (secondary N) is 2. The van der Waals surface area contributed by atoms with Gasteiger partial charge in [-0.15, -0.1) is 10.1 Å². The highest BCUT2D eigenvalue weighted by molar-refractivity contribution is 7.80. The van der Waals surface area contributed by atoms with Gasteiger partial charge in [-0.1, -0.05) is 0 Å². The molecule has 0 spiro atoms. The SMILES string of the molecule is O=C(N[C@@H](CS)C(=O)NCCO[N+](=O)[O-])c1cccnc1. The van der Waals surface area contributed by atoms with Gasteiger partial charge in [-0.2, -0.15) is 12.6 Å². The predicted octanol–water partition coefficient (Wildman–Crippen LogP) is -0.566. The molecule has 1 atom stereocenters. The van der Waals surface area contributed by atoms with Crippen molar-refractivity contribution in [3.05, 3.63) is 40.2 Å². The zero-order chi connectivity index (χ0) is 15.7. The number of rotatable bonds is 8. The van der Waals surface area contributed by atoms with Gasteiger partial charge in [0.1, 0.15) is 12.6 Å². The van der Waals surface area contributed by atoms with Crippen LogP contribution < -0.4 is 10.6 Å². The molecule has 0 bridgehead atoms. The third-order valence-corrected chi connectivity index (χ3v) is 2.69. The maximum atomic E-state index is 11.9. The fraction of sp³-hybridized carbons (Fsp3) is 0.364. The molecule has 0 fully saturated rings. The molecule has 0 saturated carbocycles. The topological polar surface area (TPSA) is 123 Å². The minimum atomic E-state index is -0.952. The highest BCUT2D eigenvalue weighted by atomic mass is 32.1. The Hall–Kier alpha value is -2.36. The van der Waals surface area contributed by atoms with Gasteiger partial charge in [0.15, 0.2) is 0 Å². The number of thiol groups is 1. The van der Waals surface area contributed by atoms with E-state index in [9.17, 15) is 19.7 Å². The molecule has 2 amide bonds. The Morgan fingerprint density at radius 2 is 2.29 bits per heavy atom. The van der Waals surface area contributed by atoms with Crippen LogP contribution in [0, 0.1) is 10.1 Å². The Bertz CT molecular complexity index is 499. The second-order valence-electron chi connectivity index (χ2n) is 3.80. The third-order valence-electron chi connectivity index (χ3n) is 2.33. The van der Waals surface area contributed by atoms with Crippen molar-refractivity contribution in [3.8, 4) is 0 Å². The molecule has 1 aromatic heterocycles. The molecule has 2 N–H and O–H groups in total. The van der Waals surface area contributed by atoms with Gasteiger partial charge < -0.3 is 15.5 Å². The Kier molecular flexibility index (Phi) is 6.95. The van der Waals surface area contributed by atoms with Crippen LogP contribution in [-0.4, -0.2) is 46.8 Å². The van der Waals surface area contributed by atoms with Crippen molar-refractivity contribution < 1.29 is 19.5 Å². The molecule has 1 heterocycles. The molecule has 0 aliphatic heterocycles. The van der Waals surface area contributed by atoms with Gasteiger partial charge in [0.2, 0.25) is 5.91 Å². The normalized spacial score (nSPS) is 11.3. The van der Waals surface area contributed by atoms with E-state index in [-0.39, 0.29) is 18.9 Å². The number of hydrogen-bond donors (Lipinski definition) is 3. The minimum Gasteiger partial charge on any atom is -0.352 e. The van der Waals surface area contributed by atoms with E-state index in [0.717, 1.165) is 0 Å². The molecule has 21 heavy (non-hydrogen) atoms. The van der Waals surface area contributed by atoms with Crippen LogP contribution in [0.25, 0.3) is 0 Å². The second-order valence-corrected chi connectivity index (χ2v) is 4.16. The first-order chi connectivity index (χ1) is 10.0. The van der Waals surface area contributed by atoms with Gasteiger partial charge in [0, 0.05) is 24.7 Å². The van der Waals surface area contributed by atoms with Crippen molar-refractivity contribution in [2.24, 2.45) is 0 Å². The molecule has 114 valence electrons. The lowest BCUT2D eigenvalue weighted by atomic mass is 10.2. The first-order valence-corrected chi connectivity index (χ1v) is 6.54. The fourth-order valence-electron chi connectivity index (χ4n) is 1.35. The number of pyridine rings is 1. The first-order valence-electron chi connectivity index (χ1n) is 5.91. The molecule has 0 aliphatic rings. The van der Waals surface area contributed by atoms with E-state index in [1.165, 1.54) is 12.4 Å². The number of carbonyl (C=O) groups excluding carboxylic acids is 2. The average molecular weight is 314 g/mol. The molecule has 0 aliphatic carbocycles. The summed E-state index contributed by atoms with van der Waals surface area (Å²) in [5.74, 6) is -0.887. The highest BCUT2D eigenvalue weighted by Gasteiger charge is 2.19. The van der Waals surface area contributed by atoms with Gasteiger partial charge in [-0.05, 0) is 12.1 Å². The summed E-state index contributed by atoms with van der Waals surface area (Å²) in [5, 5.41) is 13.9. The van der Waals surface area contributed by atoms with Crippen molar-refractivity contribution in [1.29, 1.82) is 0 Å². The summed E-state index contributed by atoms with van der Waals surface area (Å²) in [7, 11) is 0. The maximum Gasteiger partial charge on any atom is 0.294 e. The number of amides is 2. The summed E-state index contributed by atoms with van der Waals surface area (Å²) in [6, 6.07) is 2.29. The quantitative estimate of drug-likeness (QED) is 0.256. The van der Waals surface area contributed by atoms with Crippen molar-refractivity contribution in [3.63, 3.8) is 0 Å². The summed E-state index contributed by atoms with van der Waals surface area (Å²) < 4.78 is 0. The van der Waals surface area contributed by atoms with Gasteiger partial charge in [-0.25, -0.2) is 0 Å². The highest BCUT2D eigenvalue weighted by Crippen LogP contribution is 1.98. The van der Waals surface area contributed by atoms with Crippen LogP contribution in [0.4, 0.5) is 0 Å². The van der Waals surface area contributed by atoms with Gasteiger partial charge >= 0.3 is 0 Å². The van der Waals surface area contributed by atoms with E-state index in [4.69, 9.17) is 0 Å². The van der Waals surface area contributed by atoms with Crippen molar-refractivity contribution in [1.82, 2.24) is 15.6 Å². The maximum absolute atomic E-state index is 11.9. The lowest BCUT2D eigenvalue weighted by molar-refractivity contribution is -0.757. The molecule has 10 heteroatoms. The zero-order valence-corrected chi connectivity index (χ0v) is 11.8. The number of carbonyl (C=O) groups is 2. The molecular weight excluding hydrogens is 300 g/mol. The molecule has 1 rings (SSSR count). The van der Waals surface area contributed by atoms with Crippen molar-refractivity contribution in [2.75, 3.05) is 18.9 Å². The molecule has 0 saturated heterocycles. The first kappa shape index (κ1) is 16.7.